The van der Waals surface area contributed by atoms with Crippen LogP contribution in [0.2, 0.25) is 0 Å². The molecule has 0 unspecified atom stereocenters. The standard InChI is InChI=1S/C21H25NO3/c1-13-5-4-10-22(12-13)20(24)18-15-8-9-21(19(15)18)11-16(23)14-6-2-3-7-17(14)25-21/h2-3,6-7,13,15,18-19H,4-5,8-12H2,1H3/t13-,15-,18+,19+,21-/m1/s1. The van der Waals surface area contributed by atoms with E-state index in [-0.39, 0.29) is 17.6 Å². The average Bonchev–Trinajstić information content (AvgIpc) is 3.25. The first-order chi connectivity index (χ1) is 12.1. The molecule has 0 radical (unpaired) electrons. The normalized spacial score (nSPS) is 38.9. The van der Waals surface area contributed by atoms with Gasteiger partial charge in [0.15, 0.2) is 5.78 Å². The number of carbonyl (C=O) groups excluding carboxylic acids is 2. The van der Waals surface area contributed by atoms with E-state index in [0.29, 0.717) is 35.5 Å². The van der Waals surface area contributed by atoms with Crippen molar-refractivity contribution in [1.82, 2.24) is 4.90 Å². The van der Waals surface area contributed by atoms with Gasteiger partial charge in [0.2, 0.25) is 5.91 Å². The number of fused-ring (bicyclic) bond motifs is 3. The van der Waals surface area contributed by atoms with Crippen LogP contribution in [0, 0.1) is 23.7 Å². The molecule has 0 N–H and O–H groups in total. The Balaban J connectivity index is 1.38. The van der Waals surface area contributed by atoms with Gasteiger partial charge < -0.3 is 9.64 Å². The summed E-state index contributed by atoms with van der Waals surface area (Å²) in [6, 6.07) is 7.55. The van der Waals surface area contributed by atoms with Gasteiger partial charge >= 0.3 is 0 Å². The van der Waals surface area contributed by atoms with Crippen molar-refractivity contribution < 1.29 is 14.3 Å². The Morgan fingerprint density at radius 2 is 2.12 bits per heavy atom. The Bertz CT molecular complexity index is 744. The Morgan fingerprint density at radius 1 is 1.28 bits per heavy atom. The molecule has 1 aromatic rings. The predicted molar refractivity (Wildman–Crippen MR) is 93.4 cm³/mol. The fourth-order valence-electron chi connectivity index (χ4n) is 5.70. The lowest BCUT2D eigenvalue weighted by Crippen LogP contribution is -2.46. The summed E-state index contributed by atoms with van der Waals surface area (Å²) >= 11 is 0. The fourth-order valence-corrected chi connectivity index (χ4v) is 5.70. The molecule has 2 aliphatic heterocycles. The van der Waals surface area contributed by atoms with Gasteiger partial charge in [0, 0.05) is 24.9 Å². The lowest BCUT2D eigenvalue weighted by atomic mass is 9.84. The molecule has 2 aliphatic carbocycles. The number of piperidine rings is 1. The molecule has 1 aromatic carbocycles. The van der Waals surface area contributed by atoms with Gasteiger partial charge in [0.1, 0.15) is 11.4 Å². The van der Waals surface area contributed by atoms with E-state index < -0.39 is 5.60 Å². The lowest BCUT2D eigenvalue weighted by Gasteiger charge is -2.38. The molecular weight excluding hydrogens is 314 g/mol. The van der Waals surface area contributed by atoms with Gasteiger partial charge in [-0.1, -0.05) is 19.1 Å². The van der Waals surface area contributed by atoms with Crippen LogP contribution in [0.5, 0.6) is 5.75 Å². The van der Waals surface area contributed by atoms with Crippen molar-refractivity contribution in [2.45, 2.75) is 44.6 Å². The number of amides is 1. The van der Waals surface area contributed by atoms with Crippen molar-refractivity contribution in [2.75, 3.05) is 13.1 Å². The van der Waals surface area contributed by atoms with Gasteiger partial charge in [-0.25, -0.2) is 0 Å². The van der Waals surface area contributed by atoms with Crippen LogP contribution < -0.4 is 4.74 Å². The molecule has 0 bridgehead atoms. The summed E-state index contributed by atoms with van der Waals surface area (Å²) in [4.78, 5) is 27.8. The number of ketones is 1. The van der Waals surface area contributed by atoms with Crippen LogP contribution in [0.15, 0.2) is 24.3 Å². The molecular formula is C21H25NO3. The van der Waals surface area contributed by atoms with Gasteiger partial charge in [0.05, 0.1) is 12.0 Å². The van der Waals surface area contributed by atoms with Crippen LogP contribution in [0.4, 0.5) is 0 Å². The van der Waals surface area contributed by atoms with Gasteiger partial charge in [-0.3, -0.25) is 9.59 Å². The minimum atomic E-state index is -0.433. The Kier molecular flexibility index (Phi) is 3.28. The third-order valence-electron chi connectivity index (χ3n) is 6.89. The summed E-state index contributed by atoms with van der Waals surface area (Å²) in [5.74, 6) is 2.53. The Hall–Kier alpha value is -1.84. The highest BCUT2D eigenvalue weighted by molar-refractivity contribution is 6.00. The van der Waals surface area contributed by atoms with E-state index in [2.05, 4.69) is 11.8 Å². The van der Waals surface area contributed by atoms with Crippen molar-refractivity contribution in [3.8, 4) is 5.75 Å². The molecule has 0 aromatic heterocycles. The first-order valence-electron chi connectivity index (χ1n) is 9.69. The van der Waals surface area contributed by atoms with Crippen molar-refractivity contribution >= 4 is 11.7 Å². The lowest BCUT2D eigenvalue weighted by molar-refractivity contribution is -0.136. The zero-order chi connectivity index (χ0) is 17.2. The second-order valence-electron chi connectivity index (χ2n) is 8.55. The van der Waals surface area contributed by atoms with Gasteiger partial charge in [-0.15, -0.1) is 0 Å². The van der Waals surface area contributed by atoms with Crippen LogP contribution in [0.3, 0.4) is 0 Å². The molecule has 2 heterocycles. The fraction of sp³-hybridized carbons (Fsp3) is 0.619. The molecule has 1 spiro atoms. The molecule has 2 saturated carbocycles. The number of rotatable bonds is 1. The van der Waals surface area contributed by atoms with Crippen molar-refractivity contribution in [1.29, 1.82) is 0 Å². The number of Topliss-reactive ketones (excluding diaryl/α,β-unsaturated/α-hetero) is 1. The molecule has 132 valence electrons. The highest BCUT2D eigenvalue weighted by Gasteiger charge is 2.71. The van der Waals surface area contributed by atoms with Crippen molar-refractivity contribution in [3.63, 3.8) is 0 Å². The van der Waals surface area contributed by atoms with Gasteiger partial charge in [0.25, 0.3) is 0 Å². The van der Waals surface area contributed by atoms with E-state index in [1.807, 2.05) is 24.3 Å². The molecule has 3 fully saturated rings. The number of para-hydroxylation sites is 1. The van der Waals surface area contributed by atoms with Crippen molar-refractivity contribution in [2.24, 2.45) is 23.7 Å². The molecule has 1 saturated heterocycles. The SMILES string of the molecule is C[C@@H]1CCCN(C(=O)[C@H]2[C@H]3CC[C@@]4(CC(=O)c5ccccc5O4)[C@@H]32)C1. The molecule has 1 amide bonds. The zero-order valence-corrected chi connectivity index (χ0v) is 14.7. The second-order valence-corrected chi connectivity index (χ2v) is 8.55. The highest BCUT2D eigenvalue weighted by Crippen LogP contribution is 2.66. The summed E-state index contributed by atoms with van der Waals surface area (Å²) in [6.45, 7) is 4.02. The quantitative estimate of drug-likeness (QED) is 0.789. The minimum Gasteiger partial charge on any atom is -0.486 e. The summed E-state index contributed by atoms with van der Waals surface area (Å²) in [7, 11) is 0. The van der Waals surface area contributed by atoms with E-state index in [0.717, 1.165) is 32.4 Å². The van der Waals surface area contributed by atoms with E-state index in [4.69, 9.17) is 4.74 Å². The average molecular weight is 339 g/mol. The predicted octanol–water partition coefficient (Wildman–Crippen LogP) is 3.31. The van der Waals surface area contributed by atoms with Crippen LogP contribution in [0.1, 0.15) is 49.4 Å². The molecule has 4 aliphatic rings. The maximum atomic E-state index is 13.1. The van der Waals surface area contributed by atoms with E-state index in [9.17, 15) is 9.59 Å². The maximum absolute atomic E-state index is 13.1. The van der Waals surface area contributed by atoms with Crippen LogP contribution >= 0.6 is 0 Å². The minimum absolute atomic E-state index is 0.0807. The molecule has 4 heteroatoms. The van der Waals surface area contributed by atoms with Crippen molar-refractivity contribution in [3.05, 3.63) is 29.8 Å². The van der Waals surface area contributed by atoms with Crippen LogP contribution in [-0.4, -0.2) is 35.3 Å². The highest BCUT2D eigenvalue weighted by atomic mass is 16.5. The molecule has 4 nitrogen and oxygen atoms in total. The van der Waals surface area contributed by atoms with E-state index in [1.54, 1.807) is 0 Å². The zero-order valence-electron chi connectivity index (χ0n) is 14.7. The Labute approximate surface area is 148 Å². The van der Waals surface area contributed by atoms with E-state index >= 15 is 0 Å². The smallest absolute Gasteiger partial charge is 0.226 e. The number of carbonyl (C=O) groups is 2. The van der Waals surface area contributed by atoms with Crippen LogP contribution in [-0.2, 0) is 4.79 Å². The largest absolute Gasteiger partial charge is 0.486 e. The second kappa shape index (κ2) is 5.33. The maximum Gasteiger partial charge on any atom is 0.226 e. The number of benzene rings is 1. The molecule has 5 atom stereocenters. The monoisotopic (exact) mass is 339 g/mol. The number of hydrogen-bond donors (Lipinski definition) is 0. The first-order valence-corrected chi connectivity index (χ1v) is 9.69. The van der Waals surface area contributed by atoms with Gasteiger partial charge in [-0.05, 0) is 49.7 Å². The summed E-state index contributed by atoms with van der Waals surface area (Å²) in [6.07, 6.45) is 4.69. The number of ether oxygens (including phenoxy) is 1. The summed E-state index contributed by atoms with van der Waals surface area (Å²) < 4.78 is 6.40. The number of nitrogens with zero attached hydrogens (tertiary/aromatic N) is 1. The number of likely N-dealkylation sites (tertiary alicyclic amines) is 1. The van der Waals surface area contributed by atoms with E-state index in [1.165, 1.54) is 6.42 Å². The topological polar surface area (TPSA) is 46.6 Å². The van der Waals surface area contributed by atoms with Crippen LogP contribution in [0.25, 0.3) is 0 Å². The Morgan fingerprint density at radius 3 is 2.96 bits per heavy atom. The number of hydrogen-bond acceptors (Lipinski definition) is 3. The molecule has 25 heavy (non-hydrogen) atoms. The first kappa shape index (κ1) is 15.4. The third-order valence-corrected chi connectivity index (χ3v) is 6.89. The van der Waals surface area contributed by atoms with Gasteiger partial charge in [-0.2, -0.15) is 0 Å². The molecule has 5 rings (SSSR count). The third kappa shape index (κ3) is 2.26. The summed E-state index contributed by atoms with van der Waals surface area (Å²) in [5, 5.41) is 0. The summed E-state index contributed by atoms with van der Waals surface area (Å²) in [5.41, 5.74) is 0.266.